The number of nitrogens with zero attached hydrogens (tertiary/aromatic N) is 3. The van der Waals surface area contributed by atoms with E-state index in [1.807, 2.05) is 54.9 Å². The molecular weight excluding hydrogens is 298 g/mol. The molecule has 0 spiro atoms. The minimum absolute atomic E-state index is 0.0859. The lowest BCUT2D eigenvalue weighted by Crippen LogP contribution is -2.23. The molecule has 0 N–H and O–H groups in total. The van der Waals surface area contributed by atoms with Crippen molar-refractivity contribution in [3.63, 3.8) is 0 Å². The van der Waals surface area contributed by atoms with Gasteiger partial charge in [-0.3, -0.25) is 4.79 Å². The van der Waals surface area contributed by atoms with Gasteiger partial charge in [0.05, 0.1) is 5.69 Å². The number of carbonyl (C=O) groups excluding carboxylic acids is 1. The summed E-state index contributed by atoms with van der Waals surface area (Å²) in [5, 5.41) is 4.75. The summed E-state index contributed by atoms with van der Waals surface area (Å²) in [5.41, 5.74) is 4.20. The summed E-state index contributed by atoms with van der Waals surface area (Å²) >= 11 is 0. The summed E-state index contributed by atoms with van der Waals surface area (Å²) < 4.78 is 1.95. The molecule has 0 saturated carbocycles. The van der Waals surface area contributed by atoms with Crippen LogP contribution in [0.4, 0.5) is 5.82 Å². The van der Waals surface area contributed by atoms with Crippen molar-refractivity contribution in [1.82, 2.24) is 9.78 Å². The van der Waals surface area contributed by atoms with Crippen molar-refractivity contribution in [2.75, 3.05) is 11.9 Å². The molecule has 0 radical (unpaired) electrons. The van der Waals surface area contributed by atoms with Crippen LogP contribution < -0.4 is 4.90 Å². The third-order valence-corrected chi connectivity index (χ3v) is 4.32. The second kappa shape index (κ2) is 6.71. The molecule has 3 rings (SSSR count). The first-order chi connectivity index (χ1) is 11.6. The lowest BCUT2D eigenvalue weighted by molar-refractivity contribution is -0.107. The summed E-state index contributed by atoms with van der Waals surface area (Å²) in [7, 11) is 1.76. The fourth-order valence-corrected chi connectivity index (χ4v) is 3.02. The Balaban J connectivity index is 2.25. The van der Waals surface area contributed by atoms with Crippen LogP contribution in [0.15, 0.2) is 60.7 Å². The van der Waals surface area contributed by atoms with Gasteiger partial charge in [-0.15, -0.1) is 0 Å². The first-order valence-electron chi connectivity index (χ1n) is 7.97. The molecule has 0 saturated heterocycles. The maximum atomic E-state index is 11.4. The Kier molecular flexibility index (Phi) is 4.47. The predicted octanol–water partition coefficient (Wildman–Crippen LogP) is 3.73. The highest BCUT2D eigenvalue weighted by molar-refractivity contribution is 5.74. The number of carbonyl (C=O) groups is 1. The van der Waals surface area contributed by atoms with Crippen LogP contribution in [0, 0.1) is 13.8 Å². The van der Waals surface area contributed by atoms with Gasteiger partial charge in [-0.05, 0) is 25.0 Å². The van der Waals surface area contributed by atoms with Crippen LogP contribution in [-0.2, 0) is 4.79 Å². The van der Waals surface area contributed by atoms with Crippen LogP contribution in [0.1, 0.15) is 28.4 Å². The lowest BCUT2D eigenvalue weighted by atomic mass is 9.99. The van der Waals surface area contributed by atoms with Gasteiger partial charge in [-0.1, -0.05) is 60.7 Å². The molecule has 122 valence electrons. The molecule has 0 fully saturated rings. The standard InChI is InChI=1S/C20H21N3O/c1-15-16(2)21-23(20(15)22(3)14-24)19(17-10-6-4-7-11-17)18-12-8-5-9-13-18/h4-14,19H,1-3H3. The van der Waals surface area contributed by atoms with Crippen molar-refractivity contribution >= 4 is 12.2 Å². The van der Waals surface area contributed by atoms with Gasteiger partial charge in [0.1, 0.15) is 11.9 Å². The molecule has 0 aliphatic heterocycles. The van der Waals surface area contributed by atoms with E-state index >= 15 is 0 Å². The molecular formula is C20H21N3O. The van der Waals surface area contributed by atoms with E-state index in [1.54, 1.807) is 11.9 Å². The van der Waals surface area contributed by atoms with Crippen LogP contribution in [0.3, 0.4) is 0 Å². The highest BCUT2D eigenvalue weighted by atomic mass is 16.1. The summed E-state index contributed by atoms with van der Waals surface area (Å²) in [6, 6.07) is 20.4. The molecule has 0 atom stereocenters. The normalized spacial score (nSPS) is 10.8. The zero-order chi connectivity index (χ0) is 17.1. The SMILES string of the molecule is Cc1nn(C(c2ccccc2)c2ccccc2)c(N(C)C=O)c1C. The Morgan fingerprint density at radius 1 is 0.958 bits per heavy atom. The molecule has 1 aromatic heterocycles. The molecule has 1 amide bonds. The fourth-order valence-electron chi connectivity index (χ4n) is 3.02. The maximum Gasteiger partial charge on any atom is 0.215 e. The molecule has 0 unspecified atom stereocenters. The van der Waals surface area contributed by atoms with Gasteiger partial charge in [0.25, 0.3) is 0 Å². The number of hydrogen-bond donors (Lipinski definition) is 0. The van der Waals surface area contributed by atoms with Crippen molar-refractivity contribution in [1.29, 1.82) is 0 Å². The lowest BCUT2D eigenvalue weighted by Gasteiger charge is -2.24. The van der Waals surface area contributed by atoms with Crippen molar-refractivity contribution in [3.05, 3.63) is 83.0 Å². The van der Waals surface area contributed by atoms with Gasteiger partial charge in [0.2, 0.25) is 6.41 Å². The maximum absolute atomic E-state index is 11.4. The Labute approximate surface area is 142 Å². The summed E-state index contributed by atoms with van der Waals surface area (Å²) in [6.07, 6.45) is 0.826. The first kappa shape index (κ1) is 16.0. The molecule has 24 heavy (non-hydrogen) atoms. The first-order valence-corrected chi connectivity index (χ1v) is 7.97. The van der Waals surface area contributed by atoms with Crippen molar-refractivity contribution < 1.29 is 4.79 Å². The summed E-state index contributed by atoms with van der Waals surface area (Å²) in [6.45, 7) is 3.97. The van der Waals surface area contributed by atoms with E-state index in [1.165, 1.54) is 0 Å². The zero-order valence-corrected chi connectivity index (χ0v) is 14.2. The predicted molar refractivity (Wildman–Crippen MR) is 96.3 cm³/mol. The number of benzene rings is 2. The van der Waals surface area contributed by atoms with Crippen LogP contribution in [0.25, 0.3) is 0 Å². The van der Waals surface area contributed by atoms with E-state index in [0.29, 0.717) is 0 Å². The van der Waals surface area contributed by atoms with E-state index in [-0.39, 0.29) is 6.04 Å². The van der Waals surface area contributed by atoms with E-state index in [9.17, 15) is 4.79 Å². The highest BCUT2D eigenvalue weighted by Gasteiger charge is 2.24. The van der Waals surface area contributed by atoms with E-state index < -0.39 is 0 Å². The van der Waals surface area contributed by atoms with Gasteiger partial charge in [-0.2, -0.15) is 5.10 Å². The molecule has 1 heterocycles. The number of rotatable bonds is 5. The van der Waals surface area contributed by atoms with Crippen molar-refractivity contribution in [2.24, 2.45) is 0 Å². The summed E-state index contributed by atoms with van der Waals surface area (Å²) in [5.74, 6) is 0.820. The number of aryl methyl sites for hydroxylation is 1. The van der Waals surface area contributed by atoms with Crippen LogP contribution >= 0.6 is 0 Å². The number of amides is 1. The van der Waals surface area contributed by atoms with E-state index in [2.05, 4.69) is 24.3 Å². The quantitative estimate of drug-likeness (QED) is 0.672. The monoisotopic (exact) mass is 319 g/mol. The zero-order valence-electron chi connectivity index (χ0n) is 14.2. The molecule has 2 aromatic carbocycles. The second-order valence-electron chi connectivity index (χ2n) is 5.92. The Morgan fingerprint density at radius 2 is 1.46 bits per heavy atom. The molecule has 0 bridgehead atoms. The van der Waals surface area contributed by atoms with Gasteiger partial charge in [0, 0.05) is 12.6 Å². The third kappa shape index (κ3) is 2.83. The Morgan fingerprint density at radius 3 is 1.92 bits per heavy atom. The van der Waals surface area contributed by atoms with Crippen molar-refractivity contribution in [3.8, 4) is 0 Å². The summed E-state index contributed by atoms with van der Waals surface area (Å²) in [4.78, 5) is 13.0. The topological polar surface area (TPSA) is 38.1 Å². The molecule has 4 nitrogen and oxygen atoms in total. The van der Waals surface area contributed by atoms with Crippen LogP contribution in [-0.4, -0.2) is 23.2 Å². The Bertz CT molecular complexity index is 785. The number of hydrogen-bond acceptors (Lipinski definition) is 2. The highest BCUT2D eigenvalue weighted by Crippen LogP contribution is 2.32. The van der Waals surface area contributed by atoms with Gasteiger partial charge >= 0.3 is 0 Å². The van der Waals surface area contributed by atoms with Crippen LogP contribution in [0.2, 0.25) is 0 Å². The number of anilines is 1. The minimum atomic E-state index is -0.0859. The van der Waals surface area contributed by atoms with Gasteiger partial charge < -0.3 is 4.90 Å². The average Bonchev–Trinajstić information content (AvgIpc) is 2.91. The van der Waals surface area contributed by atoms with Crippen molar-refractivity contribution in [2.45, 2.75) is 19.9 Å². The van der Waals surface area contributed by atoms with E-state index in [0.717, 1.165) is 34.6 Å². The Hall–Kier alpha value is -2.88. The minimum Gasteiger partial charge on any atom is -0.303 e. The molecule has 0 aliphatic carbocycles. The van der Waals surface area contributed by atoms with E-state index in [4.69, 9.17) is 5.10 Å². The molecule has 3 aromatic rings. The van der Waals surface area contributed by atoms with Gasteiger partial charge in [0.15, 0.2) is 0 Å². The average molecular weight is 319 g/mol. The van der Waals surface area contributed by atoms with Crippen LogP contribution in [0.5, 0.6) is 0 Å². The third-order valence-electron chi connectivity index (χ3n) is 4.32. The second-order valence-corrected chi connectivity index (χ2v) is 5.92. The molecule has 4 heteroatoms. The molecule has 0 aliphatic rings. The van der Waals surface area contributed by atoms with Gasteiger partial charge in [-0.25, -0.2) is 4.68 Å². The smallest absolute Gasteiger partial charge is 0.215 e. The number of aromatic nitrogens is 2. The fraction of sp³-hybridized carbons (Fsp3) is 0.200. The largest absolute Gasteiger partial charge is 0.303 e.